The van der Waals surface area contributed by atoms with Crippen molar-refractivity contribution >= 4 is 65.5 Å². The van der Waals surface area contributed by atoms with Crippen LogP contribution in [0.5, 0.6) is 0 Å². The molecule has 3 unspecified atom stereocenters. The molecule has 0 aromatic carbocycles. The number of fused-ring (bicyclic) bond motifs is 2. The van der Waals surface area contributed by atoms with Crippen molar-refractivity contribution < 1.29 is 36.4 Å². The number of aromatic nitrogens is 8. The fourth-order valence-corrected chi connectivity index (χ4v) is 6.88. The van der Waals surface area contributed by atoms with Crippen molar-refractivity contribution in [1.29, 1.82) is 0 Å². The van der Waals surface area contributed by atoms with Crippen molar-refractivity contribution in [2.75, 3.05) is 31.8 Å². The molecule has 2 saturated heterocycles. The molecular weight excluding hydrogens is 657 g/mol. The molecule has 0 spiro atoms. The molecule has 45 heavy (non-hydrogen) atoms. The summed E-state index contributed by atoms with van der Waals surface area (Å²) in [5.74, 6) is -0.275. The van der Waals surface area contributed by atoms with Crippen LogP contribution in [0.4, 0.5) is 16.2 Å². The number of nitrogen functional groups attached to an aromatic ring is 2. The van der Waals surface area contributed by atoms with Crippen LogP contribution in [-0.2, 0) is 32.0 Å². The first-order valence-corrected chi connectivity index (χ1v) is 15.2. The third-order valence-electron chi connectivity index (χ3n) is 8.03. The smallest absolute Gasteiger partial charge is 0.280 e. The van der Waals surface area contributed by atoms with E-state index in [1.165, 1.54) is 17.2 Å². The lowest BCUT2D eigenvalue weighted by atomic mass is 9.84. The van der Waals surface area contributed by atoms with E-state index in [9.17, 15) is 4.79 Å². The Balaban J connectivity index is 1.16. The number of anilines is 2. The number of halogens is 1. The summed E-state index contributed by atoms with van der Waals surface area (Å²) in [5, 5.41) is 0. The minimum absolute atomic E-state index is 0.00560. The number of thiol groups is 1. The third-order valence-corrected chi connectivity index (χ3v) is 9.05. The van der Waals surface area contributed by atoms with Gasteiger partial charge in [-0.1, -0.05) is 6.92 Å². The lowest BCUT2D eigenvalue weighted by Gasteiger charge is -2.33. The van der Waals surface area contributed by atoms with Gasteiger partial charge in [0, 0.05) is 22.5 Å². The first-order chi connectivity index (χ1) is 21.8. The molecule has 0 amide bonds. The molecule has 6 heterocycles. The number of nitrogens with one attached hydrogen (secondary N) is 1. The summed E-state index contributed by atoms with van der Waals surface area (Å²) >= 11 is 3.83. The van der Waals surface area contributed by atoms with Crippen LogP contribution in [0.25, 0.3) is 22.3 Å². The molecule has 5 N–H and O–H groups in total. The normalized spacial score (nSPS) is 30.5. The van der Waals surface area contributed by atoms with Gasteiger partial charge in [0.15, 0.2) is 62.7 Å². The zero-order chi connectivity index (χ0) is 31.9. The molecule has 22 heteroatoms. The van der Waals surface area contributed by atoms with Crippen LogP contribution in [0.15, 0.2) is 23.8 Å². The van der Waals surface area contributed by atoms with Gasteiger partial charge in [0.2, 0.25) is 5.95 Å². The Morgan fingerprint density at radius 3 is 2.62 bits per heavy atom. The van der Waals surface area contributed by atoms with E-state index in [0.29, 0.717) is 17.6 Å². The second-order valence-electron chi connectivity index (χ2n) is 10.3. The maximum atomic E-state index is 15.4. The zero-order valence-corrected chi connectivity index (χ0v) is 26.9. The van der Waals surface area contributed by atoms with E-state index in [1.54, 1.807) is 18.0 Å². The number of H-pyrrole nitrogens is 1. The number of nitrogens with zero attached hydrogens (tertiary/aromatic N) is 7. The molecule has 6 rings (SSSR count). The molecular formula is C23H31FN10O8P2S. The lowest BCUT2D eigenvalue weighted by molar-refractivity contribution is -0.118. The Morgan fingerprint density at radius 1 is 1.16 bits per heavy atom. The van der Waals surface area contributed by atoms with Gasteiger partial charge in [-0.05, 0) is 19.3 Å². The van der Waals surface area contributed by atoms with E-state index >= 15 is 4.39 Å². The summed E-state index contributed by atoms with van der Waals surface area (Å²) in [6.07, 6.45) is -2.00. The molecule has 0 aliphatic carbocycles. The molecule has 2 fully saturated rings. The number of hydrogen-bond acceptors (Lipinski definition) is 16. The maximum Gasteiger partial charge on any atom is 0.280 e. The summed E-state index contributed by atoms with van der Waals surface area (Å²) < 4.78 is 59.1. The molecule has 10 atom stereocenters. The highest BCUT2D eigenvalue weighted by molar-refractivity contribution is 7.75. The topological polar surface area (TPSA) is 224 Å². The summed E-state index contributed by atoms with van der Waals surface area (Å²) in [7, 11) is 3.15. The molecule has 244 valence electrons. The largest absolute Gasteiger partial charge is 0.382 e. The fourth-order valence-electron chi connectivity index (χ4n) is 5.78. The number of alkyl halides is 1. The number of nitrogens with two attached hydrogens (primary N) is 2. The quantitative estimate of drug-likeness (QED) is 0.0710. The lowest BCUT2D eigenvalue weighted by Crippen LogP contribution is -2.44. The van der Waals surface area contributed by atoms with Gasteiger partial charge in [-0.2, -0.15) is 4.98 Å². The molecule has 0 radical (unpaired) electrons. The summed E-state index contributed by atoms with van der Waals surface area (Å²) in [6, 6.07) is 0. The van der Waals surface area contributed by atoms with E-state index in [-0.39, 0.29) is 42.1 Å². The minimum Gasteiger partial charge on any atom is -0.382 e. The van der Waals surface area contributed by atoms with Crippen molar-refractivity contribution in [3.63, 3.8) is 0 Å². The third kappa shape index (κ3) is 5.66. The van der Waals surface area contributed by atoms with Crippen LogP contribution in [0.1, 0.15) is 25.8 Å². The first kappa shape index (κ1) is 32.3. The second-order valence-corrected chi connectivity index (χ2v) is 11.6. The predicted octanol–water partition coefficient (Wildman–Crippen LogP) is 1.20. The number of rotatable bonds is 12. The Labute approximate surface area is 263 Å². The fraction of sp³-hybridized carbons (Fsp3) is 0.565. The SMILES string of the molecule is CC[C@]1(COP)O[C@@H](n2cnc3c(N)ncnc32)[C@H](OC)[C@@H]1COPOC1O[C@@H](n2cnc3c(=O)[nH]c(N)nc32)[C@@H](OS)[C@@H]1F. The van der Waals surface area contributed by atoms with Crippen molar-refractivity contribution in [2.24, 2.45) is 5.92 Å². The average Bonchev–Trinajstić information content (AvgIpc) is 3.78. The highest BCUT2D eigenvalue weighted by Gasteiger charge is 2.56. The van der Waals surface area contributed by atoms with Crippen molar-refractivity contribution in [2.45, 2.75) is 56.1 Å². The zero-order valence-electron chi connectivity index (χ0n) is 23.8. The summed E-state index contributed by atoms with van der Waals surface area (Å²) in [4.78, 5) is 35.4. The molecule has 4 aromatic heterocycles. The maximum absolute atomic E-state index is 15.4. The van der Waals surface area contributed by atoms with Gasteiger partial charge in [0.05, 0.1) is 25.9 Å². The van der Waals surface area contributed by atoms with Crippen LogP contribution >= 0.6 is 31.4 Å². The number of aromatic amines is 1. The van der Waals surface area contributed by atoms with E-state index in [0.717, 1.165) is 0 Å². The predicted molar refractivity (Wildman–Crippen MR) is 163 cm³/mol. The highest BCUT2D eigenvalue weighted by Crippen LogP contribution is 2.47. The average molecular weight is 689 g/mol. The van der Waals surface area contributed by atoms with Gasteiger partial charge in [-0.15, -0.1) is 0 Å². The van der Waals surface area contributed by atoms with Gasteiger partial charge in [-0.25, -0.2) is 24.3 Å². The molecule has 2 aliphatic heterocycles. The van der Waals surface area contributed by atoms with Crippen LogP contribution in [0.2, 0.25) is 0 Å². The molecule has 0 bridgehead atoms. The molecule has 2 aliphatic rings. The van der Waals surface area contributed by atoms with Crippen LogP contribution in [-0.4, -0.2) is 89.6 Å². The molecule has 4 aromatic rings. The minimum atomic E-state index is -1.78. The molecule has 0 saturated carbocycles. The van der Waals surface area contributed by atoms with E-state index in [2.05, 4.69) is 52.3 Å². The van der Waals surface area contributed by atoms with Gasteiger partial charge in [0.25, 0.3) is 5.56 Å². The Kier molecular flexibility index (Phi) is 9.50. The summed E-state index contributed by atoms with van der Waals surface area (Å²) in [5.41, 5.74) is 11.3. The van der Waals surface area contributed by atoms with E-state index in [4.69, 9.17) is 43.4 Å². The van der Waals surface area contributed by atoms with Gasteiger partial charge in [0.1, 0.15) is 23.5 Å². The van der Waals surface area contributed by atoms with Crippen LogP contribution in [0.3, 0.4) is 0 Å². The first-order valence-electron chi connectivity index (χ1n) is 13.6. The number of imidazole rings is 2. The Morgan fingerprint density at radius 2 is 1.91 bits per heavy atom. The number of hydrogen-bond donors (Lipinski definition) is 4. The Bertz CT molecular complexity index is 1720. The second kappa shape index (κ2) is 13.2. The number of ether oxygens (including phenoxy) is 3. The van der Waals surface area contributed by atoms with E-state index in [1.807, 2.05) is 6.92 Å². The van der Waals surface area contributed by atoms with Crippen LogP contribution < -0.4 is 17.0 Å². The summed E-state index contributed by atoms with van der Waals surface area (Å²) in [6.45, 7) is 2.26. The standard InChI is InChI=1S/C23H31FN10O8P2S/c1-3-23(5-37-43)9(13(36-2)20(40-23)33-7-29-11-15(25)27-6-28-16(11)33)4-38-44-41-21-10(24)14(42-45)19(39-21)34-8-30-12-17(34)31-22(26)32-18(12)35/h6-10,13-14,19-21,44-45H,3-5,43H2,1-2H3,(H2,25,27,28)(H3,26,31,32,35)/t9-,10-,13+,14-,19+,20+,21?,23+/m0/s1. The number of methoxy groups -OCH3 is 1. The van der Waals surface area contributed by atoms with Gasteiger partial charge < -0.3 is 43.4 Å². The molecule has 18 nitrogen and oxygen atoms in total. The van der Waals surface area contributed by atoms with Gasteiger partial charge in [-0.3, -0.25) is 18.9 Å². The van der Waals surface area contributed by atoms with Crippen molar-refractivity contribution in [3.8, 4) is 0 Å². The Hall–Kier alpha value is -2.64. The van der Waals surface area contributed by atoms with Crippen molar-refractivity contribution in [3.05, 3.63) is 29.3 Å². The van der Waals surface area contributed by atoms with Gasteiger partial charge >= 0.3 is 0 Å². The highest BCUT2D eigenvalue weighted by atomic mass is 32.1. The van der Waals surface area contributed by atoms with E-state index < -0.39 is 57.3 Å². The van der Waals surface area contributed by atoms with Crippen LogP contribution in [0, 0.1) is 5.92 Å². The van der Waals surface area contributed by atoms with Crippen molar-refractivity contribution in [1.82, 2.24) is 39.0 Å². The monoisotopic (exact) mass is 688 g/mol.